The van der Waals surface area contributed by atoms with Crippen LogP contribution in [0.2, 0.25) is 0 Å². The third kappa shape index (κ3) is 2.47. The number of benzene rings is 1. The minimum absolute atomic E-state index is 0.411. The number of ether oxygens (including phenoxy) is 1. The van der Waals surface area contributed by atoms with E-state index in [4.69, 9.17) is 4.74 Å². The smallest absolute Gasteiger partial charge is 0.164 e. The summed E-state index contributed by atoms with van der Waals surface area (Å²) in [6, 6.07) is 9.79. The predicted octanol–water partition coefficient (Wildman–Crippen LogP) is 2.82. The molecule has 3 rings (SSSR count). The van der Waals surface area contributed by atoms with Crippen LogP contribution in [0.3, 0.4) is 0 Å². The fourth-order valence-corrected chi connectivity index (χ4v) is 2.14. The van der Waals surface area contributed by atoms with Gasteiger partial charge in [0.2, 0.25) is 0 Å². The highest BCUT2D eigenvalue weighted by Gasteiger charge is 2.06. The standard InChI is InChI=1S/C15H16N4O/c1-2-9-19-15(17-11-18-19)10-20-14-7-3-6-13-12(14)5-4-8-16-13/h3-8,11H,2,9-10H2,1H3. The van der Waals surface area contributed by atoms with Crippen molar-refractivity contribution in [1.29, 1.82) is 0 Å². The monoisotopic (exact) mass is 268 g/mol. The molecule has 2 aromatic heterocycles. The zero-order chi connectivity index (χ0) is 13.8. The van der Waals surface area contributed by atoms with Gasteiger partial charge >= 0.3 is 0 Å². The first-order chi connectivity index (χ1) is 9.88. The SMILES string of the molecule is CCCn1ncnc1COc1cccc2ncccc12. The summed E-state index contributed by atoms with van der Waals surface area (Å²) >= 11 is 0. The van der Waals surface area contributed by atoms with Crippen LogP contribution in [0, 0.1) is 0 Å². The Morgan fingerprint density at radius 3 is 3.00 bits per heavy atom. The van der Waals surface area contributed by atoms with Crippen LogP contribution in [0.25, 0.3) is 10.9 Å². The number of rotatable bonds is 5. The largest absolute Gasteiger partial charge is 0.485 e. The fraction of sp³-hybridized carbons (Fsp3) is 0.267. The Kier molecular flexibility index (Phi) is 3.58. The lowest BCUT2D eigenvalue weighted by Gasteiger charge is -2.09. The van der Waals surface area contributed by atoms with Gasteiger partial charge in [0.15, 0.2) is 5.82 Å². The Bertz CT molecular complexity index is 702. The van der Waals surface area contributed by atoms with Crippen molar-refractivity contribution in [3.05, 3.63) is 48.7 Å². The molecule has 5 nitrogen and oxygen atoms in total. The van der Waals surface area contributed by atoms with E-state index in [0.29, 0.717) is 6.61 Å². The van der Waals surface area contributed by atoms with Gasteiger partial charge in [-0.05, 0) is 30.7 Å². The van der Waals surface area contributed by atoms with Crippen molar-refractivity contribution >= 4 is 10.9 Å². The number of pyridine rings is 1. The Morgan fingerprint density at radius 1 is 1.15 bits per heavy atom. The predicted molar refractivity (Wildman–Crippen MR) is 76.4 cm³/mol. The zero-order valence-electron chi connectivity index (χ0n) is 11.4. The molecule has 0 atom stereocenters. The first-order valence-electron chi connectivity index (χ1n) is 6.71. The van der Waals surface area contributed by atoms with Crippen molar-refractivity contribution in [2.45, 2.75) is 26.5 Å². The molecule has 0 radical (unpaired) electrons. The Balaban J connectivity index is 1.81. The number of hydrogen-bond donors (Lipinski definition) is 0. The summed E-state index contributed by atoms with van der Waals surface area (Å²) in [5.74, 6) is 1.66. The van der Waals surface area contributed by atoms with Crippen molar-refractivity contribution in [2.24, 2.45) is 0 Å². The van der Waals surface area contributed by atoms with Crippen LogP contribution in [0.15, 0.2) is 42.9 Å². The van der Waals surface area contributed by atoms with Gasteiger partial charge in [-0.1, -0.05) is 13.0 Å². The highest BCUT2D eigenvalue weighted by Crippen LogP contribution is 2.24. The molecule has 0 saturated carbocycles. The summed E-state index contributed by atoms with van der Waals surface area (Å²) in [5, 5.41) is 5.20. The molecule has 20 heavy (non-hydrogen) atoms. The summed E-state index contributed by atoms with van der Waals surface area (Å²) in [6.07, 6.45) is 4.37. The van der Waals surface area contributed by atoms with Gasteiger partial charge in [0, 0.05) is 18.1 Å². The van der Waals surface area contributed by atoms with Gasteiger partial charge in [0.25, 0.3) is 0 Å². The van der Waals surface area contributed by atoms with E-state index in [1.54, 1.807) is 12.5 Å². The minimum Gasteiger partial charge on any atom is -0.485 e. The third-order valence-corrected chi connectivity index (χ3v) is 3.09. The normalized spacial score (nSPS) is 10.8. The molecule has 0 aliphatic rings. The second kappa shape index (κ2) is 5.69. The maximum atomic E-state index is 5.89. The van der Waals surface area contributed by atoms with Gasteiger partial charge < -0.3 is 4.74 Å². The second-order valence-corrected chi connectivity index (χ2v) is 4.51. The molecular weight excluding hydrogens is 252 g/mol. The van der Waals surface area contributed by atoms with Gasteiger partial charge in [-0.2, -0.15) is 5.10 Å². The van der Waals surface area contributed by atoms with Crippen LogP contribution in [-0.4, -0.2) is 19.7 Å². The number of nitrogens with zero attached hydrogens (tertiary/aromatic N) is 4. The van der Waals surface area contributed by atoms with E-state index < -0.39 is 0 Å². The molecule has 0 N–H and O–H groups in total. The summed E-state index contributed by atoms with van der Waals surface area (Å²) in [4.78, 5) is 8.56. The second-order valence-electron chi connectivity index (χ2n) is 4.51. The molecule has 3 aromatic rings. The van der Waals surface area contributed by atoms with Crippen molar-refractivity contribution in [3.63, 3.8) is 0 Å². The lowest BCUT2D eigenvalue weighted by Crippen LogP contribution is -2.08. The summed E-state index contributed by atoms with van der Waals surface area (Å²) in [5.41, 5.74) is 0.931. The molecule has 5 heteroatoms. The van der Waals surface area contributed by atoms with Gasteiger partial charge in [-0.15, -0.1) is 0 Å². The molecule has 0 amide bonds. The Labute approximate surface area is 117 Å². The van der Waals surface area contributed by atoms with E-state index in [2.05, 4.69) is 22.0 Å². The Morgan fingerprint density at radius 2 is 2.10 bits per heavy atom. The van der Waals surface area contributed by atoms with Crippen LogP contribution in [0.1, 0.15) is 19.2 Å². The first-order valence-corrected chi connectivity index (χ1v) is 6.71. The van der Waals surface area contributed by atoms with Crippen LogP contribution in [-0.2, 0) is 13.2 Å². The first kappa shape index (κ1) is 12.6. The summed E-state index contributed by atoms with van der Waals surface area (Å²) in [7, 11) is 0. The highest BCUT2D eigenvalue weighted by atomic mass is 16.5. The fourth-order valence-electron chi connectivity index (χ4n) is 2.14. The average Bonchev–Trinajstić information content (AvgIpc) is 2.93. The lowest BCUT2D eigenvalue weighted by molar-refractivity contribution is 0.289. The maximum Gasteiger partial charge on any atom is 0.164 e. The van der Waals surface area contributed by atoms with E-state index in [9.17, 15) is 0 Å². The van der Waals surface area contributed by atoms with E-state index in [1.807, 2.05) is 35.0 Å². The van der Waals surface area contributed by atoms with Gasteiger partial charge in [-0.3, -0.25) is 4.98 Å². The molecule has 0 aliphatic carbocycles. The van der Waals surface area contributed by atoms with Gasteiger partial charge in [0.1, 0.15) is 18.7 Å². The number of aryl methyl sites for hydroxylation is 1. The van der Waals surface area contributed by atoms with Crippen molar-refractivity contribution in [1.82, 2.24) is 19.7 Å². The van der Waals surface area contributed by atoms with E-state index in [0.717, 1.165) is 35.4 Å². The number of hydrogen-bond acceptors (Lipinski definition) is 4. The highest BCUT2D eigenvalue weighted by molar-refractivity contribution is 5.84. The van der Waals surface area contributed by atoms with Crippen molar-refractivity contribution in [3.8, 4) is 5.75 Å². The van der Waals surface area contributed by atoms with Crippen LogP contribution in [0.4, 0.5) is 0 Å². The molecule has 2 heterocycles. The molecule has 0 saturated heterocycles. The lowest BCUT2D eigenvalue weighted by atomic mass is 10.2. The van der Waals surface area contributed by atoms with Crippen molar-refractivity contribution in [2.75, 3.05) is 0 Å². The Hall–Kier alpha value is -2.43. The van der Waals surface area contributed by atoms with E-state index >= 15 is 0 Å². The van der Waals surface area contributed by atoms with Crippen LogP contribution in [0.5, 0.6) is 5.75 Å². The summed E-state index contributed by atoms with van der Waals surface area (Å²) in [6.45, 7) is 3.38. The van der Waals surface area contributed by atoms with Gasteiger partial charge in [0.05, 0.1) is 5.52 Å². The van der Waals surface area contributed by atoms with E-state index in [-0.39, 0.29) is 0 Å². The molecule has 0 unspecified atom stereocenters. The topological polar surface area (TPSA) is 52.8 Å². The zero-order valence-corrected chi connectivity index (χ0v) is 11.4. The molecule has 0 spiro atoms. The molecule has 0 bridgehead atoms. The van der Waals surface area contributed by atoms with Crippen LogP contribution >= 0.6 is 0 Å². The molecule has 0 aliphatic heterocycles. The molecule has 102 valence electrons. The van der Waals surface area contributed by atoms with Crippen molar-refractivity contribution < 1.29 is 4.74 Å². The maximum absolute atomic E-state index is 5.89. The molecular formula is C15H16N4O. The molecule has 0 fully saturated rings. The third-order valence-electron chi connectivity index (χ3n) is 3.09. The average molecular weight is 268 g/mol. The van der Waals surface area contributed by atoms with Crippen LogP contribution < -0.4 is 4.74 Å². The number of fused-ring (bicyclic) bond motifs is 1. The summed E-state index contributed by atoms with van der Waals surface area (Å²) < 4.78 is 7.77. The minimum atomic E-state index is 0.411. The molecule has 1 aromatic carbocycles. The van der Waals surface area contributed by atoms with Gasteiger partial charge in [-0.25, -0.2) is 9.67 Å². The number of aromatic nitrogens is 4. The van der Waals surface area contributed by atoms with E-state index in [1.165, 1.54) is 0 Å². The quantitative estimate of drug-likeness (QED) is 0.714.